The molecule has 1 saturated heterocycles. The SMILES string of the molecule is CCCCOc1ccc(NC(=O)OC(COCCOCC)CN2CCCCC2)cc1. The average Bonchev–Trinajstić information content (AvgIpc) is 2.75. The van der Waals surface area contributed by atoms with E-state index in [0.29, 0.717) is 45.3 Å². The molecule has 30 heavy (non-hydrogen) atoms. The number of carbonyl (C=O) groups is 1. The minimum absolute atomic E-state index is 0.318. The molecule has 7 heteroatoms. The zero-order valence-electron chi connectivity index (χ0n) is 18.6. The molecule has 1 fully saturated rings. The Morgan fingerprint density at radius 2 is 1.77 bits per heavy atom. The fraction of sp³-hybridized carbons (Fsp3) is 0.696. The van der Waals surface area contributed by atoms with Crippen molar-refractivity contribution in [1.82, 2.24) is 4.90 Å². The Morgan fingerprint density at radius 1 is 1.03 bits per heavy atom. The van der Waals surface area contributed by atoms with Crippen molar-refractivity contribution in [3.8, 4) is 5.75 Å². The van der Waals surface area contributed by atoms with Crippen LogP contribution in [0.4, 0.5) is 10.5 Å². The summed E-state index contributed by atoms with van der Waals surface area (Å²) in [7, 11) is 0. The van der Waals surface area contributed by atoms with Crippen molar-refractivity contribution in [2.75, 3.05) is 58.0 Å². The topological polar surface area (TPSA) is 69.3 Å². The summed E-state index contributed by atoms with van der Waals surface area (Å²) in [5.74, 6) is 0.799. The molecule has 1 heterocycles. The number of amides is 1. The molecule has 7 nitrogen and oxygen atoms in total. The standard InChI is InChI=1S/C23H38N2O5/c1-3-5-15-29-21-11-9-20(10-12-21)24-23(26)30-22(19-28-17-16-27-4-2)18-25-13-7-6-8-14-25/h9-12,22H,3-8,13-19H2,1-2H3,(H,24,26). The fourth-order valence-electron chi connectivity index (χ4n) is 3.30. The zero-order valence-corrected chi connectivity index (χ0v) is 18.6. The van der Waals surface area contributed by atoms with Gasteiger partial charge >= 0.3 is 6.09 Å². The summed E-state index contributed by atoms with van der Waals surface area (Å²) >= 11 is 0. The number of nitrogens with zero attached hydrogens (tertiary/aromatic N) is 1. The van der Waals surface area contributed by atoms with Gasteiger partial charge in [-0.1, -0.05) is 19.8 Å². The van der Waals surface area contributed by atoms with Crippen LogP contribution < -0.4 is 10.1 Å². The Bertz CT molecular complexity index is 575. The Kier molecular flexibility index (Phi) is 12.3. The minimum Gasteiger partial charge on any atom is -0.494 e. The third-order valence-electron chi connectivity index (χ3n) is 4.93. The predicted octanol–water partition coefficient (Wildman–Crippen LogP) is 4.32. The molecule has 1 unspecified atom stereocenters. The summed E-state index contributed by atoms with van der Waals surface area (Å²) in [5, 5.41) is 2.80. The number of hydrogen-bond donors (Lipinski definition) is 1. The van der Waals surface area contributed by atoms with E-state index in [1.165, 1.54) is 19.3 Å². The molecule has 1 aromatic carbocycles. The van der Waals surface area contributed by atoms with Crippen molar-refractivity contribution in [1.29, 1.82) is 0 Å². The molecular formula is C23H38N2O5. The highest BCUT2D eigenvalue weighted by atomic mass is 16.6. The molecule has 2 rings (SSSR count). The molecule has 1 aliphatic heterocycles. The molecule has 1 atom stereocenters. The summed E-state index contributed by atoms with van der Waals surface area (Å²) < 4.78 is 22.3. The number of benzene rings is 1. The van der Waals surface area contributed by atoms with Crippen LogP contribution in [0.3, 0.4) is 0 Å². The highest BCUT2D eigenvalue weighted by molar-refractivity contribution is 5.84. The van der Waals surface area contributed by atoms with E-state index in [9.17, 15) is 4.79 Å². The number of rotatable bonds is 14. The van der Waals surface area contributed by atoms with Gasteiger partial charge in [-0.15, -0.1) is 0 Å². The van der Waals surface area contributed by atoms with E-state index in [4.69, 9.17) is 18.9 Å². The Balaban J connectivity index is 1.80. The Labute approximate surface area is 181 Å². The van der Waals surface area contributed by atoms with Gasteiger partial charge in [0.25, 0.3) is 0 Å². The second kappa shape index (κ2) is 15.0. The molecule has 1 aromatic rings. The number of ether oxygens (including phenoxy) is 4. The minimum atomic E-state index is -0.468. The van der Waals surface area contributed by atoms with Crippen molar-refractivity contribution in [3.63, 3.8) is 0 Å². The molecule has 0 aliphatic carbocycles. The van der Waals surface area contributed by atoms with E-state index in [1.807, 2.05) is 31.2 Å². The number of nitrogens with one attached hydrogen (secondary N) is 1. The van der Waals surface area contributed by atoms with Gasteiger partial charge in [0.15, 0.2) is 0 Å². The summed E-state index contributed by atoms with van der Waals surface area (Å²) in [4.78, 5) is 14.8. The molecule has 0 bridgehead atoms. The quantitative estimate of drug-likeness (QED) is 0.450. The Hall–Kier alpha value is -1.83. The Morgan fingerprint density at radius 3 is 2.47 bits per heavy atom. The highest BCUT2D eigenvalue weighted by Crippen LogP contribution is 2.17. The first-order valence-electron chi connectivity index (χ1n) is 11.3. The number of unbranched alkanes of at least 4 members (excludes halogenated alkanes) is 1. The van der Waals surface area contributed by atoms with Crippen LogP contribution in [0.25, 0.3) is 0 Å². The molecule has 1 aliphatic rings. The van der Waals surface area contributed by atoms with Crippen LogP contribution in [0.15, 0.2) is 24.3 Å². The van der Waals surface area contributed by atoms with Crippen LogP contribution in [0.1, 0.15) is 46.0 Å². The maximum absolute atomic E-state index is 12.4. The normalized spacial score (nSPS) is 15.5. The largest absolute Gasteiger partial charge is 0.494 e. The predicted molar refractivity (Wildman–Crippen MR) is 118 cm³/mol. The first-order chi connectivity index (χ1) is 14.7. The van der Waals surface area contributed by atoms with Crippen LogP contribution in [0.5, 0.6) is 5.75 Å². The summed E-state index contributed by atoms with van der Waals surface area (Å²) in [6.45, 7) is 9.63. The van der Waals surface area contributed by atoms with Gasteiger partial charge in [-0.25, -0.2) is 4.79 Å². The van der Waals surface area contributed by atoms with Crippen LogP contribution in [0, 0.1) is 0 Å². The number of carbonyl (C=O) groups excluding carboxylic acids is 1. The third kappa shape index (κ3) is 10.3. The van der Waals surface area contributed by atoms with Crippen LogP contribution >= 0.6 is 0 Å². The first kappa shape index (κ1) is 24.4. The molecule has 0 aromatic heterocycles. The van der Waals surface area contributed by atoms with Gasteiger partial charge in [-0.3, -0.25) is 10.2 Å². The summed E-state index contributed by atoms with van der Waals surface area (Å²) in [6.07, 6.45) is 4.99. The zero-order chi connectivity index (χ0) is 21.4. The van der Waals surface area contributed by atoms with Crippen LogP contribution in [0.2, 0.25) is 0 Å². The van der Waals surface area contributed by atoms with E-state index in [2.05, 4.69) is 17.1 Å². The molecule has 1 N–H and O–H groups in total. The molecule has 0 saturated carbocycles. The van der Waals surface area contributed by atoms with Crippen molar-refractivity contribution in [2.45, 2.75) is 52.1 Å². The van der Waals surface area contributed by atoms with Crippen molar-refractivity contribution in [2.24, 2.45) is 0 Å². The molecule has 1 amide bonds. The molecular weight excluding hydrogens is 384 g/mol. The lowest BCUT2D eigenvalue weighted by atomic mass is 10.1. The van der Waals surface area contributed by atoms with E-state index in [1.54, 1.807) is 0 Å². The van der Waals surface area contributed by atoms with Crippen molar-refractivity contribution >= 4 is 11.8 Å². The van der Waals surface area contributed by atoms with Gasteiger partial charge in [-0.05, 0) is 63.5 Å². The monoisotopic (exact) mass is 422 g/mol. The molecule has 0 spiro atoms. The van der Waals surface area contributed by atoms with Gasteiger partial charge in [-0.2, -0.15) is 0 Å². The number of hydrogen-bond acceptors (Lipinski definition) is 6. The van der Waals surface area contributed by atoms with Gasteiger partial charge in [0, 0.05) is 18.8 Å². The maximum atomic E-state index is 12.4. The summed E-state index contributed by atoms with van der Waals surface area (Å²) in [6, 6.07) is 7.35. The van der Waals surface area contributed by atoms with Crippen molar-refractivity contribution < 1.29 is 23.7 Å². The van der Waals surface area contributed by atoms with E-state index < -0.39 is 6.09 Å². The van der Waals surface area contributed by atoms with Gasteiger partial charge in [0.05, 0.1) is 26.4 Å². The number of piperidine rings is 1. The van der Waals surface area contributed by atoms with E-state index in [0.717, 1.165) is 31.7 Å². The van der Waals surface area contributed by atoms with Crippen LogP contribution in [-0.2, 0) is 14.2 Å². The average molecular weight is 423 g/mol. The van der Waals surface area contributed by atoms with Gasteiger partial charge in [0.2, 0.25) is 0 Å². The van der Waals surface area contributed by atoms with E-state index >= 15 is 0 Å². The lowest BCUT2D eigenvalue weighted by Gasteiger charge is -2.30. The molecule has 0 radical (unpaired) electrons. The third-order valence-corrected chi connectivity index (χ3v) is 4.93. The lowest BCUT2D eigenvalue weighted by molar-refractivity contribution is -0.0129. The van der Waals surface area contributed by atoms with Crippen molar-refractivity contribution in [3.05, 3.63) is 24.3 Å². The second-order valence-electron chi connectivity index (χ2n) is 7.51. The number of likely N-dealkylation sites (tertiary alicyclic amines) is 1. The smallest absolute Gasteiger partial charge is 0.412 e. The van der Waals surface area contributed by atoms with Gasteiger partial charge in [0.1, 0.15) is 11.9 Å². The maximum Gasteiger partial charge on any atom is 0.412 e. The molecule has 170 valence electrons. The lowest BCUT2D eigenvalue weighted by Crippen LogP contribution is -2.41. The summed E-state index contributed by atoms with van der Waals surface area (Å²) in [5.41, 5.74) is 0.678. The first-order valence-corrected chi connectivity index (χ1v) is 11.3. The highest BCUT2D eigenvalue weighted by Gasteiger charge is 2.20. The van der Waals surface area contributed by atoms with Crippen LogP contribution in [-0.4, -0.2) is 69.8 Å². The number of anilines is 1. The fourth-order valence-corrected chi connectivity index (χ4v) is 3.30. The van der Waals surface area contributed by atoms with Gasteiger partial charge < -0.3 is 18.9 Å². The van der Waals surface area contributed by atoms with E-state index in [-0.39, 0.29) is 6.10 Å². The second-order valence-corrected chi connectivity index (χ2v) is 7.51.